The molecule has 1 aromatic rings. The lowest BCUT2D eigenvalue weighted by Gasteiger charge is -2.27. The molecule has 35 heavy (non-hydrogen) atoms. The van der Waals surface area contributed by atoms with Gasteiger partial charge in [0.1, 0.15) is 6.04 Å². The largest absolute Gasteiger partial charge is 0.449 e. The summed E-state index contributed by atoms with van der Waals surface area (Å²) in [6, 6.07) is 4.48. The van der Waals surface area contributed by atoms with Crippen LogP contribution in [0.5, 0.6) is 0 Å². The third-order valence-corrected chi connectivity index (χ3v) is 6.68. The molecule has 0 spiro atoms. The second kappa shape index (κ2) is 13.1. The third kappa shape index (κ3) is 9.63. The molecule has 1 aliphatic rings. The van der Waals surface area contributed by atoms with Crippen molar-refractivity contribution in [2.45, 2.75) is 57.1 Å². The van der Waals surface area contributed by atoms with Crippen molar-refractivity contribution in [2.75, 3.05) is 13.2 Å². The Hall–Kier alpha value is -2.41. The van der Waals surface area contributed by atoms with Gasteiger partial charge in [0, 0.05) is 23.9 Å². The molecule has 0 aromatic heterocycles. The van der Waals surface area contributed by atoms with Crippen molar-refractivity contribution in [2.24, 2.45) is 11.8 Å². The number of amides is 3. The van der Waals surface area contributed by atoms with Gasteiger partial charge in [-0.2, -0.15) is 8.42 Å². The predicted octanol–water partition coefficient (Wildman–Crippen LogP) is 1.24. The molecule has 1 aliphatic heterocycles. The van der Waals surface area contributed by atoms with Gasteiger partial charge in [-0.3, -0.25) is 14.1 Å². The van der Waals surface area contributed by atoms with E-state index in [4.69, 9.17) is 16.3 Å². The van der Waals surface area contributed by atoms with E-state index >= 15 is 0 Å². The average molecular weight is 534 g/mol. The van der Waals surface area contributed by atoms with E-state index in [-0.39, 0.29) is 31.3 Å². The van der Waals surface area contributed by atoms with E-state index in [0.29, 0.717) is 24.4 Å². The van der Waals surface area contributed by atoms with E-state index in [1.807, 2.05) is 19.9 Å². The Morgan fingerprint density at radius 2 is 2.00 bits per heavy atom. The van der Waals surface area contributed by atoms with Gasteiger partial charge in [-0.1, -0.05) is 37.6 Å². The van der Waals surface area contributed by atoms with Crippen molar-refractivity contribution in [3.63, 3.8) is 0 Å². The first-order valence-corrected chi connectivity index (χ1v) is 13.1. The zero-order valence-corrected chi connectivity index (χ0v) is 21.1. The maximum atomic E-state index is 13.0. The molecule has 4 atom stereocenters. The van der Waals surface area contributed by atoms with E-state index in [1.165, 1.54) is 0 Å². The van der Waals surface area contributed by atoms with Crippen LogP contribution in [-0.4, -0.2) is 66.7 Å². The fourth-order valence-corrected chi connectivity index (χ4v) is 4.56. The van der Waals surface area contributed by atoms with Crippen LogP contribution < -0.4 is 16.0 Å². The second-order valence-electron chi connectivity index (χ2n) is 8.88. The molecule has 0 aliphatic carbocycles. The molecule has 0 saturated carbocycles. The SMILES string of the molecule is CC(C)CC(NC(=O)OCCc1cccc(Cl)c1)C(=O)NC(CC1CCNC1=O)C(O)S(=O)(=O)O. The normalized spacial score (nSPS) is 18.5. The summed E-state index contributed by atoms with van der Waals surface area (Å²) in [6.45, 7) is 4.05. The summed E-state index contributed by atoms with van der Waals surface area (Å²) in [5.74, 6) is -1.81. The number of ether oxygens (including phenoxy) is 1. The minimum absolute atomic E-state index is 0.0308. The van der Waals surface area contributed by atoms with Crippen LogP contribution >= 0.6 is 11.6 Å². The number of halogens is 1. The predicted molar refractivity (Wildman–Crippen MR) is 128 cm³/mol. The van der Waals surface area contributed by atoms with Gasteiger partial charge in [-0.25, -0.2) is 4.79 Å². The number of carbonyl (C=O) groups is 3. The van der Waals surface area contributed by atoms with Crippen LogP contribution in [0.2, 0.25) is 5.02 Å². The first-order chi connectivity index (χ1) is 16.4. The van der Waals surface area contributed by atoms with Gasteiger partial charge in [0.15, 0.2) is 0 Å². The zero-order chi connectivity index (χ0) is 26.2. The van der Waals surface area contributed by atoms with Gasteiger partial charge < -0.3 is 25.8 Å². The maximum absolute atomic E-state index is 13.0. The summed E-state index contributed by atoms with van der Waals surface area (Å²) in [5.41, 5.74) is -1.48. The summed E-state index contributed by atoms with van der Waals surface area (Å²) in [5, 5.41) is 18.1. The highest BCUT2D eigenvalue weighted by atomic mass is 35.5. The average Bonchev–Trinajstić information content (AvgIpc) is 3.15. The van der Waals surface area contributed by atoms with Crippen molar-refractivity contribution >= 4 is 39.6 Å². The van der Waals surface area contributed by atoms with Gasteiger partial charge in [0.25, 0.3) is 10.1 Å². The van der Waals surface area contributed by atoms with Crippen molar-refractivity contribution in [3.05, 3.63) is 34.9 Å². The van der Waals surface area contributed by atoms with Crippen LogP contribution in [-0.2, 0) is 30.9 Å². The fraction of sp³-hybridized carbons (Fsp3) is 0.591. The van der Waals surface area contributed by atoms with Crippen molar-refractivity contribution in [1.82, 2.24) is 16.0 Å². The standard InChI is InChI=1S/C22H32ClN3O8S/c1-13(2)10-17(26-22(30)34-9-7-14-4-3-5-16(23)11-14)20(28)25-18(21(29)35(31,32)33)12-15-6-8-24-19(15)27/h3-5,11,13,15,17-18,21,29H,6-10,12H2,1-2H3,(H,24,27)(H,25,28)(H,26,30)(H,31,32,33). The number of benzene rings is 1. The van der Waals surface area contributed by atoms with E-state index < -0.39 is 45.6 Å². The van der Waals surface area contributed by atoms with Crippen molar-refractivity contribution in [1.29, 1.82) is 0 Å². The van der Waals surface area contributed by atoms with E-state index in [2.05, 4.69) is 16.0 Å². The number of alkyl carbamates (subject to hydrolysis) is 1. The first kappa shape index (κ1) is 28.8. The molecule has 1 heterocycles. The number of nitrogens with one attached hydrogen (secondary N) is 3. The summed E-state index contributed by atoms with van der Waals surface area (Å²) in [6.07, 6.45) is -0.0861. The second-order valence-corrected chi connectivity index (χ2v) is 10.8. The van der Waals surface area contributed by atoms with E-state index in [0.717, 1.165) is 5.56 Å². The van der Waals surface area contributed by atoms with Crippen molar-refractivity contribution < 1.29 is 37.2 Å². The zero-order valence-electron chi connectivity index (χ0n) is 19.6. The fourth-order valence-electron chi connectivity index (χ4n) is 3.75. The topological polar surface area (TPSA) is 171 Å². The van der Waals surface area contributed by atoms with Crippen LogP contribution in [0.15, 0.2) is 24.3 Å². The van der Waals surface area contributed by atoms with Crippen LogP contribution in [0.1, 0.15) is 38.7 Å². The number of carbonyl (C=O) groups excluding carboxylic acids is 3. The third-order valence-electron chi connectivity index (χ3n) is 5.51. The maximum Gasteiger partial charge on any atom is 0.407 e. The smallest absolute Gasteiger partial charge is 0.407 e. The van der Waals surface area contributed by atoms with Crippen LogP contribution in [0, 0.1) is 11.8 Å². The number of rotatable bonds is 12. The lowest BCUT2D eigenvalue weighted by molar-refractivity contribution is -0.126. The summed E-state index contributed by atoms with van der Waals surface area (Å²) in [4.78, 5) is 37.2. The molecule has 0 radical (unpaired) electrons. The van der Waals surface area contributed by atoms with Crippen LogP contribution in [0.25, 0.3) is 0 Å². The molecule has 1 aromatic carbocycles. The Balaban J connectivity index is 2.03. The van der Waals surface area contributed by atoms with Gasteiger partial charge in [0.05, 0.1) is 12.6 Å². The minimum Gasteiger partial charge on any atom is -0.449 e. The molecule has 1 saturated heterocycles. The number of hydrogen-bond donors (Lipinski definition) is 5. The number of aliphatic hydroxyl groups excluding tert-OH is 1. The first-order valence-electron chi connectivity index (χ1n) is 11.3. The monoisotopic (exact) mass is 533 g/mol. The highest BCUT2D eigenvalue weighted by Crippen LogP contribution is 2.20. The van der Waals surface area contributed by atoms with Gasteiger partial charge in [-0.15, -0.1) is 0 Å². The molecular weight excluding hydrogens is 502 g/mol. The number of hydrogen-bond acceptors (Lipinski definition) is 7. The van der Waals surface area contributed by atoms with Gasteiger partial charge >= 0.3 is 6.09 Å². The highest BCUT2D eigenvalue weighted by Gasteiger charge is 2.37. The highest BCUT2D eigenvalue weighted by molar-refractivity contribution is 7.86. The lowest BCUT2D eigenvalue weighted by atomic mass is 9.97. The Labute approximate surface area is 209 Å². The Kier molecular flexibility index (Phi) is 10.7. The molecule has 11 nitrogen and oxygen atoms in total. The molecule has 2 rings (SSSR count). The lowest BCUT2D eigenvalue weighted by Crippen LogP contribution is -2.55. The molecular formula is C22H32ClN3O8S. The summed E-state index contributed by atoms with van der Waals surface area (Å²) in [7, 11) is -4.93. The van der Waals surface area contributed by atoms with E-state index in [1.54, 1.807) is 18.2 Å². The minimum atomic E-state index is -4.93. The van der Waals surface area contributed by atoms with Crippen LogP contribution in [0.3, 0.4) is 0 Å². The van der Waals surface area contributed by atoms with E-state index in [9.17, 15) is 32.5 Å². The Morgan fingerprint density at radius 1 is 1.29 bits per heavy atom. The molecule has 0 bridgehead atoms. The Bertz CT molecular complexity index is 1000. The molecule has 5 N–H and O–H groups in total. The Morgan fingerprint density at radius 3 is 2.57 bits per heavy atom. The molecule has 3 amide bonds. The molecule has 1 fully saturated rings. The molecule has 196 valence electrons. The van der Waals surface area contributed by atoms with Gasteiger partial charge in [-0.05, 0) is 42.9 Å². The summed E-state index contributed by atoms with van der Waals surface area (Å²) >= 11 is 5.93. The quantitative estimate of drug-likeness (QED) is 0.250. The molecule has 4 unspecified atom stereocenters. The molecule has 13 heteroatoms. The number of aliphatic hydroxyl groups is 1. The van der Waals surface area contributed by atoms with Crippen LogP contribution in [0.4, 0.5) is 4.79 Å². The van der Waals surface area contributed by atoms with Gasteiger partial charge in [0.2, 0.25) is 17.3 Å². The van der Waals surface area contributed by atoms with Crippen molar-refractivity contribution in [3.8, 4) is 0 Å². The summed E-state index contributed by atoms with van der Waals surface area (Å²) < 4.78 is 37.6.